The molecule has 1 saturated carbocycles. The van der Waals surface area contributed by atoms with Gasteiger partial charge in [-0.25, -0.2) is 9.97 Å². The highest BCUT2D eigenvalue weighted by atomic mass is 16.3. The fourth-order valence-corrected chi connectivity index (χ4v) is 3.81. The van der Waals surface area contributed by atoms with E-state index in [1.165, 1.54) is 12.8 Å². The van der Waals surface area contributed by atoms with E-state index in [4.69, 9.17) is 10.1 Å². The Hall–Kier alpha value is -2.99. The zero-order valence-corrected chi connectivity index (χ0v) is 16.0. The van der Waals surface area contributed by atoms with Crippen LogP contribution in [-0.4, -0.2) is 24.3 Å². The Morgan fingerprint density at radius 2 is 1.93 bits per heavy atom. The Morgan fingerprint density at radius 3 is 2.68 bits per heavy atom. The summed E-state index contributed by atoms with van der Waals surface area (Å²) in [5, 5.41) is 14.6. The Kier molecular flexibility index (Phi) is 4.20. The number of nitrogens with zero attached hydrogens (tertiary/aromatic N) is 4. The number of rotatable bonds is 6. The van der Waals surface area contributed by atoms with E-state index in [-0.39, 0.29) is 6.61 Å². The van der Waals surface area contributed by atoms with Crippen LogP contribution in [0.4, 0.5) is 0 Å². The van der Waals surface area contributed by atoms with Crippen LogP contribution in [0.1, 0.15) is 41.7 Å². The summed E-state index contributed by atoms with van der Waals surface area (Å²) in [6.45, 7) is 0.00670. The number of aromatic nitrogens is 5. The standard InChI is InChI=1S/C22H23N5O/c1-26-13-18(15-5-3-2-4-6-15)23-20(26)11-9-17-10-12-21-24-22(16-7-8-16)19(14-28)27(21)25-17/h2-6,10,12-13,16,28H,7-9,11,14H2,1H3/p+1. The number of H-pyrrole nitrogens is 1. The number of nitrogens with one attached hydrogen (secondary N) is 1. The molecule has 28 heavy (non-hydrogen) atoms. The number of aliphatic hydroxyl groups excluding tert-OH is 1. The first-order chi connectivity index (χ1) is 13.7. The highest BCUT2D eigenvalue weighted by molar-refractivity contribution is 5.58. The lowest BCUT2D eigenvalue weighted by Crippen LogP contribution is -2.07. The van der Waals surface area contributed by atoms with Gasteiger partial charge in [0.15, 0.2) is 5.69 Å². The third-order valence-corrected chi connectivity index (χ3v) is 5.50. The summed E-state index contributed by atoms with van der Waals surface area (Å²) >= 11 is 0. The third-order valence-electron chi connectivity index (χ3n) is 5.50. The van der Waals surface area contributed by atoms with Crippen molar-refractivity contribution in [2.45, 2.75) is 38.2 Å². The number of hydrogen-bond donors (Lipinski definition) is 1. The second kappa shape index (κ2) is 6.87. The minimum atomic E-state index is 0.00670. The molecule has 142 valence electrons. The zero-order chi connectivity index (χ0) is 19.1. The summed E-state index contributed by atoms with van der Waals surface area (Å²) in [7, 11) is 2.04. The number of imidazole rings is 2. The van der Waals surface area contributed by atoms with Crippen LogP contribution in [0.15, 0.2) is 48.7 Å². The van der Waals surface area contributed by atoms with E-state index >= 15 is 0 Å². The summed E-state index contributed by atoms with van der Waals surface area (Å²) in [4.78, 5) is 8.24. The van der Waals surface area contributed by atoms with Crippen LogP contribution in [0, 0.1) is 0 Å². The van der Waals surface area contributed by atoms with Gasteiger partial charge in [-0.3, -0.25) is 0 Å². The number of aliphatic hydroxyl groups is 1. The van der Waals surface area contributed by atoms with Gasteiger partial charge in [-0.2, -0.15) is 0 Å². The normalized spacial score (nSPS) is 14.1. The molecular weight excluding hydrogens is 350 g/mol. The number of benzene rings is 1. The van der Waals surface area contributed by atoms with Gasteiger partial charge in [0.1, 0.15) is 12.4 Å². The SMILES string of the molecule is Cn1cc(-c2ccccc2)nc1CCc1ccc2[nH+]c(C3CC3)c(CO)n2n1. The number of fused-ring (bicyclic) bond motifs is 1. The maximum Gasteiger partial charge on any atom is 0.305 e. The van der Waals surface area contributed by atoms with E-state index in [0.29, 0.717) is 5.92 Å². The van der Waals surface area contributed by atoms with Crippen LogP contribution in [0.5, 0.6) is 0 Å². The van der Waals surface area contributed by atoms with E-state index in [2.05, 4.69) is 40.0 Å². The summed E-state index contributed by atoms with van der Waals surface area (Å²) < 4.78 is 3.96. The van der Waals surface area contributed by atoms with Gasteiger partial charge in [-0.1, -0.05) is 39.9 Å². The van der Waals surface area contributed by atoms with Crippen molar-refractivity contribution in [3.8, 4) is 11.3 Å². The molecule has 4 aromatic rings. The Balaban J connectivity index is 1.38. The first kappa shape index (κ1) is 17.1. The first-order valence-electron chi connectivity index (χ1n) is 9.84. The molecular formula is C22H24N5O+. The molecule has 1 aromatic carbocycles. The molecule has 6 heteroatoms. The topological polar surface area (TPSA) is 69.5 Å². The summed E-state index contributed by atoms with van der Waals surface area (Å²) in [6, 6.07) is 14.4. The maximum atomic E-state index is 9.83. The molecule has 0 aliphatic heterocycles. The molecule has 2 N–H and O–H groups in total. The minimum absolute atomic E-state index is 0.00670. The van der Waals surface area contributed by atoms with Gasteiger partial charge in [0.25, 0.3) is 0 Å². The summed E-state index contributed by atoms with van der Waals surface area (Å²) in [5.74, 6) is 1.59. The molecule has 0 spiro atoms. The molecule has 5 rings (SSSR count). The summed E-state index contributed by atoms with van der Waals surface area (Å²) in [6.07, 6.45) is 6.08. The molecule has 0 radical (unpaired) electrons. The fourth-order valence-electron chi connectivity index (χ4n) is 3.81. The molecule has 1 fully saturated rings. The van der Waals surface area contributed by atoms with E-state index in [9.17, 15) is 5.11 Å². The van der Waals surface area contributed by atoms with Gasteiger partial charge in [0.05, 0.1) is 11.4 Å². The third kappa shape index (κ3) is 3.10. The number of aromatic amines is 1. The van der Waals surface area contributed by atoms with Crippen LogP contribution in [-0.2, 0) is 26.5 Å². The van der Waals surface area contributed by atoms with Crippen LogP contribution in [0.25, 0.3) is 16.9 Å². The molecule has 3 aromatic heterocycles. The molecule has 6 nitrogen and oxygen atoms in total. The van der Waals surface area contributed by atoms with Gasteiger partial charge < -0.3 is 9.67 Å². The Bertz CT molecular complexity index is 1120. The van der Waals surface area contributed by atoms with Gasteiger partial charge in [-0.15, -0.1) is 0 Å². The minimum Gasteiger partial charge on any atom is -0.388 e. The van der Waals surface area contributed by atoms with Crippen molar-refractivity contribution >= 4 is 5.65 Å². The molecule has 0 atom stereocenters. The van der Waals surface area contributed by atoms with Crippen LogP contribution in [0.3, 0.4) is 0 Å². The summed E-state index contributed by atoms with van der Waals surface area (Å²) in [5.41, 5.74) is 6.10. The monoisotopic (exact) mass is 374 g/mol. The molecule has 1 aliphatic rings. The predicted octanol–water partition coefficient (Wildman–Crippen LogP) is 2.70. The number of aryl methyl sites for hydroxylation is 3. The van der Waals surface area contributed by atoms with Crippen molar-refractivity contribution in [3.05, 3.63) is 71.6 Å². The molecule has 0 unspecified atom stereocenters. The number of hydrogen-bond acceptors (Lipinski definition) is 3. The smallest absolute Gasteiger partial charge is 0.305 e. The van der Waals surface area contributed by atoms with Crippen LogP contribution < -0.4 is 4.98 Å². The lowest BCUT2D eigenvalue weighted by molar-refractivity contribution is -0.357. The van der Waals surface area contributed by atoms with Crippen LogP contribution >= 0.6 is 0 Å². The van der Waals surface area contributed by atoms with Crippen molar-refractivity contribution in [3.63, 3.8) is 0 Å². The first-order valence-corrected chi connectivity index (χ1v) is 9.84. The van der Waals surface area contributed by atoms with Gasteiger partial charge >= 0.3 is 5.65 Å². The lowest BCUT2D eigenvalue weighted by atomic mass is 10.2. The van der Waals surface area contributed by atoms with E-state index < -0.39 is 0 Å². The predicted molar refractivity (Wildman–Crippen MR) is 106 cm³/mol. The second-order valence-electron chi connectivity index (χ2n) is 7.56. The average Bonchev–Trinajstić information content (AvgIpc) is 3.41. The molecule has 0 amide bonds. The fraction of sp³-hybridized carbons (Fsp3) is 0.318. The quantitative estimate of drug-likeness (QED) is 0.564. The average molecular weight is 374 g/mol. The van der Waals surface area contributed by atoms with Crippen molar-refractivity contribution in [2.75, 3.05) is 0 Å². The van der Waals surface area contributed by atoms with Crippen molar-refractivity contribution in [1.29, 1.82) is 0 Å². The molecule has 1 aliphatic carbocycles. The van der Waals surface area contributed by atoms with Crippen molar-refractivity contribution in [2.24, 2.45) is 7.05 Å². The Labute approximate surface area is 163 Å². The van der Waals surface area contributed by atoms with Crippen molar-refractivity contribution in [1.82, 2.24) is 19.2 Å². The van der Waals surface area contributed by atoms with Gasteiger partial charge in [-0.05, 0) is 18.9 Å². The molecule has 0 bridgehead atoms. The molecule has 3 heterocycles. The largest absolute Gasteiger partial charge is 0.388 e. The van der Waals surface area contributed by atoms with E-state index in [1.807, 2.05) is 29.8 Å². The van der Waals surface area contributed by atoms with Crippen LogP contribution in [0.2, 0.25) is 0 Å². The second-order valence-corrected chi connectivity index (χ2v) is 7.56. The highest BCUT2D eigenvalue weighted by Crippen LogP contribution is 2.39. The van der Waals surface area contributed by atoms with E-state index in [1.54, 1.807) is 0 Å². The van der Waals surface area contributed by atoms with Crippen molar-refractivity contribution < 1.29 is 10.1 Å². The van der Waals surface area contributed by atoms with Gasteiger partial charge in [0.2, 0.25) is 5.69 Å². The highest BCUT2D eigenvalue weighted by Gasteiger charge is 2.34. The zero-order valence-electron chi connectivity index (χ0n) is 16.0. The lowest BCUT2D eigenvalue weighted by Gasteiger charge is -2.01. The Morgan fingerprint density at radius 1 is 1.11 bits per heavy atom. The van der Waals surface area contributed by atoms with E-state index in [0.717, 1.165) is 52.7 Å². The van der Waals surface area contributed by atoms with Gasteiger partial charge in [0, 0.05) is 43.6 Å². The maximum absolute atomic E-state index is 9.83. The molecule has 0 saturated heterocycles.